The summed E-state index contributed by atoms with van der Waals surface area (Å²) in [5.41, 5.74) is 7.37. The molecule has 2 rings (SSSR count). The van der Waals surface area contributed by atoms with Crippen LogP contribution in [0, 0.1) is 6.92 Å². The Morgan fingerprint density at radius 3 is 2.80 bits per heavy atom. The third-order valence-electron chi connectivity index (χ3n) is 2.21. The molecule has 0 saturated heterocycles. The summed E-state index contributed by atoms with van der Waals surface area (Å²) in [4.78, 5) is 0. The molecule has 2 heterocycles. The van der Waals surface area contributed by atoms with Crippen LogP contribution in [0.3, 0.4) is 0 Å². The van der Waals surface area contributed by atoms with Crippen molar-refractivity contribution in [1.82, 2.24) is 19.6 Å². The zero-order valence-corrected chi connectivity index (χ0v) is 9.36. The lowest BCUT2D eigenvalue weighted by atomic mass is 10.4. The van der Waals surface area contributed by atoms with Gasteiger partial charge in [-0.1, -0.05) is 11.6 Å². The lowest BCUT2D eigenvalue weighted by molar-refractivity contribution is 0.618. The van der Waals surface area contributed by atoms with Crippen LogP contribution >= 0.6 is 11.6 Å². The summed E-state index contributed by atoms with van der Waals surface area (Å²) in [6.45, 7) is 4.61. The number of halogens is 1. The molecule has 6 heteroatoms. The molecule has 0 spiro atoms. The SMILES string of the molecule is CCn1nc(C)c(N)c1-n1cc(Cl)cn1. The van der Waals surface area contributed by atoms with Crippen LogP contribution in [0.25, 0.3) is 5.82 Å². The van der Waals surface area contributed by atoms with Crippen molar-refractivity contribution in [1.29, 1.82) is 0 Å². The van der Waals surface area contributed by atoms with Crippen molar-refractivity contribution in [3.05, 3.63) is 23.1 Å². The maximum Gasteiger partial charge on any atom is 0.175 e. The van der Waals surface area contributed by atoms with E-state index >= 15 is 0 Å². The molecule has 0 bridgehead atoms. The first-order valence-corrected chi connectivity index (χ1v) is 5.04. The predicted molar refractivity (Wildman–Crippen MR) is 59.2 cm³/mol. The van der Waals surface area contributed by atoms with Crippen molar-refractivity contribution in [3.8, 4) is 5.82 Å². The Morgan fingerprint density at radius 2 is 2.27 bits per heavy atom. The Kier molecular flexibility index (Phi) is 2.40. The number of nitrogen functional groups attached to an aromatic ring is 1. The Labute approximate surface area is 92.4 Å². The van der Waals surface area contributed by atoms with E-state index in [0.717, 1.165) is 18.1 Å². The van der Waals surface area contributed by atoms with E-state index in [1.165, 1.54) is 0 Å². The second kappa shape index (κ2) is 3.58. The Hall–Kier alpha value is -1.49. The molecule has 15 heavy (non-hydrogen) atoms. The molecular formula is C9H12ClN5. The fraction of sp³-hybridized carbons (Fsp3) is 0.333. The second-order valence-electron chi connectivity index (χ2n) is 3.24. The summed E-state index contributed by atoms with van der Waals surface area (Å²) in [7, 11) is 0. The zero-order chi connectivity index (χ0) is 11.0. The third-order valence-corrected chi connectivity index (χ3v) is 2.41. The fourth-order valence-electron chi connectivity index (χ4n) is 1.46. The molecule has 0 fully saturated rings. The molecule has 0 aromatic carbocycles. The van der Waals surface area contributed by atoms with Gasteiger partial charge in [-0.25, -0.2) is 9.36 Å². The lowest BCUT2D eigenvalue weighted by Crippen LogP contribution is -2.07. The molecule has 0 aliphatic carbocycles. The van der Waals surface area contributed by atoms with Gasteiger partial charge in [0.2, 0.25) is 0 Å². The van der Waals surface area contributed by atoms with Crippen LogP contribution in [0.5, 0.6) is 0 Å². The summed E-state index contributed by atoms with van der Waals surface area (Å²) >= 11 is 5.81. The Bertz CT molecular complexity index is 485. The minimum atomic E-state index is 0.580. The second-order valence-corrected chi connectivity index (χ2v) is 3.68. The quantitative estimate of drug-likeness (QED) is 0.845. The molecule has 0 amide bonds. The maximum atomic E-state index is 5.93. The van der Waals surface area contributed by atoms with Crippen LogP contribution < -0.4 is 5.73 Å². The standard InChI is InChI=1S/C9H12ClN5/c1-3-14-9(8(11)6(2)13-14)15-5-7(10)4-12-15/h4-5H,3,11H2,1-2H3. The van der Waals surface area contributed by atoms with Crippen LogP contribution in [0.15, 0.2) is 12.4 Å². The third kappa shape index (κ3) is 1.59. The number of hydrogen-bond acceptors (Lipinski definition) is 3. The van der Waals surface area contributed by atoms with Crippen molar-refractivity contribution in [3.63, 3.8) is 0 Å². The molecular weight excluding hydrogens is 214 g/mol. The Morgan fingerprint density at radius 1 is 1.53 bits per heavy atom. The van der Waals surface area contributed by atoms with E-state index in [2.05, 4.69) is 10.2 Å². The minimum absolute atomic E-state index is 0.580. The van der Waals surface area contributed by atoms with Gasteiger partial charge in [0.25, 0.3) is 0 Å². The topological polar surface area (TPSA) is 61.7 Å². The molecule has 0 saturated carbocycles. The fourth-order valence-corrected chi connectivity index (χ4v) is 1.60. The van der Waals surface area contributed by atoms with Crippen LogP contribution in [0.4, 0.5) is 5.69 Å². The predicted octanol–water partition coefficient (Wildman–Crippen LogP) is 1.63. The van der Waals surface area contributed by atoms with Gasteiger partial charge >= 0.3 is 0 Å². The summed E-state index contributed by atoms with van der Waals surface area (Å²) in [6.07, 6.45) is 3.28. The van der Waals surface area contributed by atoms with E-state index in [4.69, 9.17) is 17.3 Å². The minimum Gasteiger partial charge on any atom is -0.394 e. The Balaban J connectivity index is 2.60. The van der Waals surface area contributed by atoms with Gasteiger partial charge in [0, 0.05) is 6.54 Å². The molecule has 5 nitrogen and oxygen atoms in total. The first-order valence-electron chi connectivity index (χ1n) is 4.67. The molecule has 0 atom stereocenters. The van der Waals surface area contributed by atoms with Gasteiger partial charge in [0.05, 0.1) is 28.8 Å². The van der Waals surface area contributed by atoms with Gasteiger partial charge in [0.1, 0.15) is 0 Å². The molecule has 80 valence electrons. The summed E-state index contributed by atoms with van der Waals surface area (Å²) in [6, 6.07) is 0. The van der Waals surface area contributed by atoms with Crippen LogP contribution in [-0.2, 0) is 6.54 Å². The average Bonchev–Trinajstić information content (AvgIpc) is 2.73. The van der Waals surface area contributed by atoms with Gasteiger partial charge in [-0.05, 0) is 13.8 Å². The molecule has 2 N–H and O–H groups in total. The number of aryl methyl sites for hydroxylation is 2. The highest BCUT2D eigenvalue weighted by Gasteiger charge is 2.13. The van der Waals surface area contributed by atoms with Gasteiger partial charge in [0.15, 0.2) is 5.82 Å². The largest absolute Gasteiger partial charge is 0.394 e. The van der Waals surface area contributed by atoms with Crippen LogP contribution in [-0.4, -0.2) is 19.6 Å². The monoisotopic (exact) mass is 225 g/mol. The van der Waals surface area contributed by atoms with Crippen molar-refractivity contribution in [2.24, 2.45) is 0 Å². The number of nitrogens with two attached hydrogens (primary N) is 1. The smallest absolute Gasteiger partial charge is 0.175 e. The molecule has 2 aromatic heterocycles. The number of hydrogen-bond donors (Lipinski definition) is 1. The summed E-state index contributed by atoms with van der Waals surface area (Å²) < 4.78 is 3.44. The molecule has 0 aliphatic heterocycles. The van der Waals surface area contributed by atoms with E-state index in [1.54, 1.807) is 21.8 Å². The van der Waals surface area contributed by atoms with Gasteiger partial charge in [-0.3, -0.25) is 0 Å². The number of anilines is 1. The molecule has 2 aromatic rings. The van der Waals surface area contributed by atoms with Crippen molar-refractivity contribution < 1.29 is 0 Å². The van der Waals surface area contributed by atoms with Gasteiger partial charge in [-0.15, -0.1) is 0 Å². The number of nitrogens with zero attached hydrogens (tertiary/aromatic N) is 4. The van der Waals surface area contributed by atoms with Crippen LogP contribution in [0.2, 0.25) is 5.02 Å². The number of aromatic nitrogens is 4. The first-order chi connectivity index (χ1) is 7.13. The van der Waals surface area contributed by atoms with Gasteiger partial charge < -0.3 is 5.73 Å². The van der Waals surface area contributed by atoms with Crippen molar-refractivity contribution in [2.45, 2.75) is 20.4 Å². The van der Waals surface area contributed by atoms with E-state index in [1.807, 2.05) is 13.8 Å². The maximum absolute atomic E-state index is 5.93. The highest BCUT2D eigenvalue weighted by molar-refractivity contribution is 6.30. The van der Waals surface area contributed by atoms with Gasteiger partial charge in [-0.2, -0.15) is 10.2 Å². The van der Waals surface area contributed by atoms with E-state index < -0.39 is 0 Å². The summed E-state index contributed by atoms with van der Waals surface area (Å²) in [5.74, 6) is 0.766. The highest BCUT2D eigenvalue weighted by atomic mass is 35.5. The first kappa shape index (κ1) is 10.0. The molecule has 0 aliphatic rings. The highest BCUT2D eigenvalue weighted by Crippen LogP contribution is 2.21. The van der Waals surface area contributed by atoms with E-state index in [0.29, 0.717) is 10.7 Å². The van der Waals surface area contributed by atoms with Crippen molar-refractivity contribution >= 4 is 17.3 Å². The van der Waals surface area contributed by atoms with E-state index in [-0.39, 0.29) is 0 Å². The normalized spacial score (nSPS) is 10.9. The van der Waals surface area contributed by atoms with Crippen LogP contribution in [0.1, 0.15) is 12.6 Å². The summed E-state index contributed by atoms with van der Waals surface area (Å²) in [5, 5.41) is 8.99. The number of rotatable bonds is 2. The molecule has 0 unspecified atom stereocenters. The zero-order valence-electron chi connectivity index (χ0n) is 8.61. The average molecular weight is 226 g/mol. The lowest BCUT2D eigenvalue weighted by Gasteiger charge is -2.04. The van der Waals surface area contributed by atoms with Crippen molar-refractivity contribution in [2.75, 3.05) is 5.73 Å². The molecule has 0 radical (unpaired) electrons. The van der Waals surface area contributed by atoms with E-state index in [9.17, 15) is 0 Å².